The van der Waals surface area contributed by atoms with Crippen molar-refractivity contribution < 1.29 is 0 Å². The molecule has 0 amide bonds. The predicted octanol–water partition coefficient (Wildman–Crippen LogP) is 0.201. The molecule has 2 N–H and O–H groups in total. The summed E-state index contributed by atoms with van der Waals surface area (Å²) in [6.45, 7) is 7.52. The van der Waals surface area contributed by atoms with Crippen LogP contribution in [0.25, 0.3) is 4.85 Å². The number of rotatable bonds is 0. The Morgan fingerprint density at radius 3 is 2.75 bits per heavy atom. The smallest absolute Gasteiger partial charge is 0.291 e. The first kappa shape index (κ1) is 5.54. The molecule has 3 nitrogen and oxygen atoms in total. The van der Waals surface area contributed by atoms with Crippen molar-refractivity contribution in [1.29, 1.82) is 0 Å². The zero-order chi connectivity index (χ0) is 5.98. The Bertz CT molecular complexity index is 115. The molecule has 8 heavy (non-hydrogen) atoms. The lowest BCUT2D eigenvalue weighted by Gasteiger charge is -2.05. The molecule has 3 heteroatoms. The van der Waals surface area contributed by atoms with E-state index in [-0.39, 0.29) is 6.17 Å². The maximum atomic E-state index is 6.63. The second kappa shape index (κ2) is 2.12. The van der Waals surface area contributed by atoms with E-state index < -0.39 is 0 Å². The van der Waals surface area contributed by atoms with Gasteiger partial charge in [-0.3, -0.25) is 10.7 Å². The van der Waals surface area contributed by atoms with Crippen LogP contribution < -0.4 is 5.84 Å². The van der Waals surface area contributed by atoms with Crippen molar-refractivity contribution in [2.45, 2.75) is 19.0 Å². The van der Waals surface area contributed by atoms with E-state index in [9.17, 15) is 0 Å². The Labute approximate surface area is 48.9 Å². The van der Waals surface area contributed by atoms with E-state index in [2.05, 4.69) is 4.85 Å². The summed E-state index contributed by atoms with van der Waals surface area (Å²) in [5.41, 5.74) is 0. The molecule has 1 aliphatic rings. The third-order valence-electron chi connectivity index (χ3n) is 1.41. The van der Waals surface area contributed by atoms with E-state index in [1.165, 1.54) is 0 Å². The quantitative estimate of drug-likeness (QED) is 0.358. The van der Waals surface area contributed by atoms with Crippen LogP contribution in [0.2, 0.25) is 0 Å². The van der Waals surface area contributed by atoms with E-state index in [1.54, 1.807) is 5.01 Å². The van der Waals surface area contributed by atoms with Gasteiger partial charge in [0.25, 0.3) is 6.17 Å². The van der Waals surface area contributed by atoms with E-state index in [1.807, 2.05) is 0 Å². The molecule has 0 aliphatic carbocycles. The van der Waals surface area contributed by atoms with E-state index in [0.717, 1.165) is 19.4 Å². The van der Waals surface area contributed by atoms with Gasteiger partial charge in [-0.15, -0.1) is 0 Å². The molecule has 1 fully saturated rings. The van der Waals surface area contributed by atoms with Gasteiger partial charge in [0, 0.05) is 13.0 Å². The molecule has 44 valence electrons. The molecule has 0 aromatic heterocycles. The predicted molar refractivity (Wildman–Crippen MR) is 30.5 cm³/mol. The fourth-order valence-electron chi connectivity index (χ4n) is 0.910. The third-order valence-corrected chi connectivity index (χ3v) is 1.41. The van der Waals surface area contributed by atoms with Crippen LogP contribution in [0.5, 0.6) is 0 Å². The largest absolute Gasteiger partial charge is 0.295 e. The van der Waals surface area contributed by atoms with Crippen molar-refractivity contribution in [2.75, 3.05) is 6.54 Å². The number of hydrogen-bond acceptors (Lipinski definition) is 2. The van der Waals surface area contributed by atoms with Crippen molar-refractivity contribution in [3.63, 3.8) is 0 Å². The van der Waals surface area contributed by atoms with Gasteiger partial charge in [-0.1, -0.05) is 0 Å². The van der Waals surface area contributed by atoms with Crippen molar-refractivity contribution in [1.82, 2.24) is 5.01 Å². The molecule has 0 aromatic rings. The highest BCUT2D eigenvalue weighted by Gasteiger charge is 2.25. The molecule has 0 radical (unpaired) electrons. The summed E-state index contributed by atoms with van der Waals surface area (Å²) in [6, 6.07) is 0. The average molecular weight is 111 g/mol. The Kier molecular flexibility index (Phi) is 1.47. The van der Waals surface area contributed by atoms with Gasteiger partial charge in [0.15, 0.2) is 0 Å². The Balaban J connectivity index is 2.45. The Morgan fingerprint density at radius 1 is 1.75 bits per heavy atom. The van der Waals surface area contributed by atoms with Gasteiger partial charge in [0.1, 0.15) is 0 Å². The van der Waals surface area contributed by atoms with Crippen molar-refractivity contribution in [2.24, 2.45) is 5.84 Å². The van der Waals surface area contributed by atoms with Crippen LogP contribution in [0.4, 0.5) is 0 Å². The first-order chi connectivity index (χ1) is 3.84. The van der Waals surface area contributed by atoms with Crippen LogP contribution >= 0.6 is 0 Å². The minimum atomic E-state index is -0.0324. The van der Waals surface area contributed by atoms with Crippen LogP contribution in [0.1, 0.15) is 12.8 Å². The summed E-state index contributed by atoms with van der Waals surface area (Å²) < 4.78 is 0. The molecule has 0 spiro atoms. The topological polar surface area (TPSA) is 33.6 Å². The molecular weight excluding hydrogens is 102 g/mol. The molecule has 1 aliphatic heterocycles. The molecular formula is C5H9N3. The third kappa shape index (κ3) is 0.808. The monoisotopic (exact) mass is 111 g/mol. The molecule has 0 unspecified atom stereocenters. The van der Waals surface area contributed by atoms with Gasteiger partial charge in [-0.2, -0.15) is 5.01 Å². The summed E-state index contributed by atoms with van der Waals surface area (Å²) in [7, 11) is 0. The highest BCUT2D eigenvalue weighted by atomic mass is 15.5. The molecule has 1 saturated heterocycles. The van der Waals surface area contributed by atoms with Crippen LogP contribution in [0.15, 0.2) is 0 Å². The van der Waals surface area contributed by atoms with E-state index in [0.29, 0.717) is 0 Å². The van der Waals surface area contributed by atoms with Crippen molar-refractivity contribution >= 4 is 0 Å². The molecule has 0 bridgehead atoms. The Hall–Kier alpha value is -0.590. The second-order valence-corrected chi connectivity index (χ2v) is 1.99. The molecule has 0 aromatic carbocycles. The van der Waals surface area contributed by atoms with E-state index >= 15 is 0 Å². The maximum Gasteiger partial charge on any atom is 0.291 e. The van der Waals surface area contributed by atoms with Crippen LogP contribution in [-0.2, 0) is 0 Å². The van der Waals surface area contributed by atoms with Crippen molar-refractivity contribution in [3.05, 3.63) is 11.4 Å². The average Bonchev–Trinajstić information content (AvgIpc) is 2.14. The van der Waals surface area contributed by atoms with Gasteiger partial charge >= 0.3 is 0 Å². The zero-order valence-electron chi connectivity index (χ0n) is 4.67. The highest BCUT2D eigenvalue weighted by Crippen LogP contribution is 2.12. The zero-order valence-corrected chi connectivity index (χ0v) is 4.67. The first-order valence-electron chi connectivity index (χ1n) is 2.72. The van der Waals surface area contributed by atoms with Crippen LogP contribution in [0.3, 0.4) is 0 Å². The fourth-order valence-corrected chi connectivity index (χ4v) is 0.910. The lowest BCUT2D eigenvalue weighted by molar-refractivity contribution is 0.299. The minimum absolute atomic E-state index is 0.0324. The maximum absolute atomic E-state index is 6.63. The minimum Gasteiger partial charge on any atom is -0.295 e. The standard InChI is InChI=1S/C5H9N3/c1-7-5-3-2-4-8(5)6/h5H,2-4,6H2/t5-/m0/s1. The molecule has 0 saturated carbocycles. The second-order valence-electron chi connectivity index (χ2n) is 1.99. The van der Waals surface area contributed by atoms with Crippen molar-refractivity contribution in [3.8, 4) is 0 Å². The van der Waals surface area contributed by atoms with E-state index in [4.69, 9.17) is 12.4 Å². The molecule has 1 heterocycles. The normalized spacial score (nSPS) is 30.2. The number of nitrogens with zero attached hydrogens (tertiary/aromatic N) is 2. The lowest BCUT2D eigenvalue weighted by atomic mass is 10.3. The number of hydrogen-bond donors (Lipinski definition) is 1. The summed E-state index contributed by atoms with van der Waals surface area (Å²) in [5, 5.41) is 1.60. The molecule has 1 atom stereocenters. The van der Waals surface area contributed by atoms with Gasteiger partial charge in [0.05, 0.1) is 0 Å². The number of nitrogens with two attached hydrogens (primary N) is 1. The fraction of sp³-hybridized carbons (Fsp3) is 0.800. The van der Waals surface area contributed by atoms with Gasteiger partial charge in [0.2, 0.25) is 0 Å². The summed E-state index contributed by atoms with van der Waals surface area (Å²) >= 11 is 0. The summed E-state index contributed by atoms with van der Waals surface area (Å²) in [4.78, 5) is 3.32. The van der Waals surface area contributed by atoms with Crippen LogP contribution in [0, 0.1) is 6.57 Å². The molecule has 1 rings (SSSR count). The number of hydrazine groups is 1. The summed E-state index contributed by atoms with van der Waals surface area (Å²) in [6.07, 6.45) is 1.98. The lowest BCUT2D eigenvalue weighted by Crippen LogP contribution is -2.33. The van der Waals surface area contributed by atoms with Gasteiger partial charge in [-0.25, -0.2) is 6.57 Å². The summed E-state index contributed by atoms with van der Waals surface area (Å²) in [5.74, 6) is 5.41. The van der Waals surface area contributed by atoms with Gasteiger partial charge < -0.3 is 0 Å². The first-order valence-corrected chi connectivity index (χ1v) is 2.72. The van der Waals surface area contributed by atoms with Gasteiger partial charge in [-0.05, 0) is 6.42 Å². The highest BCUT2D eigenvalue weighted by molar-refractivity contribution is 4.81. The Morgan fingerprint density at radius 2 is 2.50 bits per heavy atom. The SMILES string of the molecule is [C-]#[N+][C@@H]1CCCN1N. The van der Waals surface area contributed by atoms with Crippen LogP contribution in [-0.4, -0.2) is 17.7 Å².